The van der Waals surface area contributed by atoms with Crippen LogP contribution in [0.3, 0.4) is 0 Å². The number of carbonyl (C=O) groups excluding carboxylic acids is 2. The number of ether oxygens (including phenoxy) is 1. The molecule has 2 amide bonds. The third-order valence-corrected chi connectivity index (χ3v) is 3.50. The van der Waals surface area contributed by atoms with E-state index in [2.05, 4.69) is 10.6 Å². The maximum Gasteiger partial charge on any atom is 0.261 e. The van der Waals surface area contributed by atoms with Gasteiger partial charge in [0.1, 0.15) is 17.9 Å². The average Bonchev–Trinajstić information content (AvgIpc) is 2.62. The maximum atomic E-state index is 12.2. The Morgan fingerprint density at radius 3 is 2.58 bits per heavy atom. The molecule has 26 heavy (non-hydrogen) atoms. The first kappa shape index (κ1) is 18.8. The molecule has 0 spiro atoms. The minimum atomic E-state index is -0.736. The second kappa shape index (κ2) is 9.08. The second-order valence-electron chi connectivity index (χ2n) is 5.51. The number of hydrogen-bond donors (Lipinski definition) is 3. The fraction of sp³-hybridized carbons (Fsp3) is 0.211. The van der Waals surface area contributed by atoms with E-state index in [4.69, 9.17) is 10.00 Å². The minimum absolute atomic E-state index is 0.115. The lowest BCUT2D eigenvalue weighted by atomic mass is 10.1. The summed E-state index contributed by atoms with van der Waals surface area (Å²) in [6.07, 6.45) is -0.974. The quantitative estimate of drug-likeness (QED) is 0.707. The molecule has 0 fully saturated rings. The van der Waals surface area contributed by atoms with Crippen molar-refractivity contribution < 1.29 is 19.4 Å². The molecule has 0 radical (unpaired) electrons. The highest BCUT2D eigenvalue weighted by atomic mass is 16.5. The number of phenolic OH excluding ortho intramolecular Hbond substituents is 1. The monoisotopic (exact) mass is 353 g/mol. The van der Waals surface area contributed by atoms with Gasteiger partial charge in [-0.2, -0.15) is 5.26 Å². The highest BCUT2D eigenvalue weighted by molar-refractivity contribution is 5.92. The SMILES string of the molecule is CC(Oc1ccc(O)cc1)C(=O)NCc1ccccc1NC(=O)CC#N. The Morgan fingerprint density at radius 2 is 1.88 bits per heavy atom. The van der Waals surface area contributed by atoms with Crippen LogP contribution in [0.15, 0.2) is 48.5 Å². The van der Waals surface area contributed by atoms with Crippen molar-refractivity contribution in [2.24, 2.45) is 0 Å². The van der Waals surface area contributed by atoms with Gasteiger partial charge in [-0.15, -0.1) is 0 Å². The summed E-state index contributed by atoms with van der Waals surface area (Å²) in [5.41, 5.74) is 1.25. The number of benzene rings is 2. The second-order valence-corrected chi connectivity index (χ2v) is 5.51. The summed E-state index contributed by atoms with van der Waals surface area (Å²) in [7, 11) is 0. The molecule has 134 valence electrons. The van der Waals surface area contributed by atoms with Crippen LogP contribution in [0.1, 0.15) is 18.9 Å². The number of nitrogens with zero attached hydrogens (tertiary/aromatic N) is 1. The van der Waals surface area contributed by atoms with Gasteiger partial charge in [-0.25, -0.2) is 0 Å². The van der Waals surface area contributed by atoms with Crippen LogP contribution in [-0.4, -0.2) is 23.0 Å². The highest BCUT2D eigenvalue weighted by Crippen LogP contribution is 2.18. The van der Waals surface area contributed by atoms with E-state index in [0.29, 0.717) is 17.0 Å². The molecule has 0 saturated heterocycles. The molecule has 0 aliphatic carbocycles. The summed E-state index contributed by atoms with van der Waals surface area (Å²) in [4.78, 5) is 23.8. The minimum Gasteiger partial charge on any atom is -0.508 e. The molecule has 0 aliphatic rings. The van der Waals surface area contributed by atoms with Gasteiger partial charge in [0.25, 0.3) is 5.91 Å². The Hall–Kier alpha value is -3.53. The van der Waals surface area contributed by atoms with Crippen LogP contribution < -0.4 is 15.4 Å². The number of nitrogens with one attached hydrogen (secondary N) is 2. The van der Waals surface area contributed by atoms with Crippen molar-refractivity contribution in [3.05, 3.63) is 54.1 Å². The number of nitriles is 1. The van der Waals surface area contributed by atoms with Crippen LogP contribution >= 0.6 is 0 Å². The standard InChI is InChI=1S/C19H19N3O4/c1-13(26-16-8-6-15(23)7-9-16)19(25)21-12-14-4-2-3-5-17(14)22-18(24)10-11-20/h2-9,13,23H,10,12H2,1H3,(H,21,25)(H,22,24). The normalized spacial score (nSPS) is 11.1. The van der Waals surface area contributed by atoms with Crippen LogP contribution in [-0.2, 0) is 16.1 Å². The van der Waals surface area contributed by atoms with Gasteiger partial charge in [-0.05, 0) is 42.8 Å². The van der Waals surface area contributed by atoms with Crippen LogP contribution in [0.25, 0.3) is 0 Å². The van der Waals surface area contributed by atoms with Gasteiger partial charge in [0.15, 0.2) is 6.10 Å². The van der Waals surface area contributed by atoms with Crippen LogP contribution in [0.4, 0.5) is 5.69 Å². The number of anilines is 1. The molecule has 2 aromatic carbocycles. The largest absolute Gasteiger partial charge is 0.508 e. The Bertz CT molecular complexity index is 812. The fourth-order valence-electron chi connectivity index (χ4n) is 2.17. The number of amides is 2. The molecular formula is C19H19N3O4. The van der Waals surface area contributed by atoms with E-state index in [1.807, 2.05) is 0 Å². The van der Waals surface area contributed by atoms with Crippen molar-refractivity contribution in [3.63, 3.8) is 0 Å². The zero-order valence-electron chi connectivity index (χ0n) is 14.2. The van der Waals surface area contributed by atoms with Gasteiger partial charge < -0.3 is 20.5 Å². The summed E-state index contributed by atoms with van der Waals surface area (Å²) in [6.45, 7) is 1.81. The third kappa shape index (κ3) is 5.53. The number of para-hydroxylation sites is 1. The molecule has 0 aliphatic heterocycles. The summed E-state index contributed by atoms with van der Waals surface area (Å²) >= 11 is 0. The molecule has 7 heteroatoms. The van der Waals surface area contributed by atoms with Gasteiger partial charge in [-0.1, -0.05) is 18.2 Å². The van der Waals surface area contributed by atoms with Gasteiger partial charge in [0.05, 0.1) is 6.07 Å². The van der Waals surface area contributed by atoms with Crippen molar-refractivity contribution in [2.75, 3.05) is 5.32 Å². The van der Waals surface area contributed by atoms with Crippen LogP contribution in [0.5, 0.6) is 11.5 Å². The first-order valence-electron chi connectivity index (χ1n) is 7.97. The average molecular weight is 353 g/mol. The molecular weight excluding hydrogens is 334 g/mol. The first-order valence-corrected chi connectivity index (χ1v) is 7.97. The van der Waals surface area contributed by atoms with Crippen molar-refractivity contribution in [1.82, 2.24) is 5.32 Å². The van der Waals surface area contributed by atoms with Crippen molar-refractivity contribution in [3.8, 4) is 17.6 Å². The maximum absolute atomic E-state index is 12.2. The zero-order chi connectivity index (χ0) is 18.9. The predicted octanol–water partition coefficient (Wildman–Crippen LogP) is 2.33. The summed E-state index contributed by atoms with van der Waals surface area (Å²) in [6, 6.07) is 14.9. The lowest BCUT2D eigenvalue weighted by Crippen LogP contribution is -2.36. The molecule has 3 N–H and O–H groups in total. The molecule has 0 saturated carbocycles. The van der Waals surface area contributed by atoms with E-state index >= 15 is 0 Å². The van der Waals surface area contributed by atoms with Crippen LogP contribution in [0, 0.1) is 11.3 Å². The summed E-state index contributed by atoms with van der Waals surface area (Å²) < 4.78 is 5.52. The van der Waals surface area contributed by atoms with Crippen molar-refractivity contribution >= 4 is 17.5 Å². The molecule has 0 bridgehead atoms. The first-order chi connectivity index (χ1) is 12.5. The number of aromatic hydroxyl groups is 1. The Balaban J connectivity index is 1.93. The molecule has 7 nitrogen and oxygen atoms in total. The fourth-order valence-corrected chi connectivity index (χ4v) is 2.17. The molecule has 2 rings (SSSR count). The van der Waals surface area contributed by atoms with Gasteiger partial charge in [0.2, 0.25) is 5.91 Å². The summed E-state index contributed by atoms with van der Waals surface area (Å²) in [5, 5.41) is 23.2. The molecule has 1 unspecified atom stereocenters. The number of rotatable bonds is 7. The van der Waals surface area contributed by atoms with E-state index in [1.54, 1.807) is 49.4 Å². The molecule has 1 atom stereocenters. The topological polar surface area (TPSA) is 111 Å². The third-order valence-electron chi connectivity index (χ3n) is 3.50. The molecule has 0 heterocycles. The lowest BCUT2D eigenvalue weighted by Gasteiger charge is -2.16. The smallest absolute Gasteiger partial charge is 0.261 e. The molecule has 2 aromatic rings. The summed E-state index contributed by atoms with van der Waals surface area (Å²) in [5.74, 6) is -0.148. The number of phenols is 1. The van der Waals surface area contributed by atoms with Crippen LogP contribution in [0.2, 0.25) is 0 Å². The van der Waals surface area contributed by atoms with Crippen molar-refractivity contribution in [1.29, 1.82) is 5.26 Å². The van der Waals surface area contributed by atoms with E-state index < -0.39 is 12.0 Å². The van der Waals surface area contributed by atoms with Gasteiger partial charge in [0, 0.05) is 12.2 Å². The van der Waals surface area contributed by atoms with E-state index in [1.165, 1.54) is 12.1 Å². The van der Waals surface area contributed by atoms with E-state index in [0.717, 1.165) is 0 Å². The van der Waals surface area contributed by atoms with E-state index in [9.17, 15) is 14.7 Å². The Labute approximate surface area is 151 Å². The zero-order valence-corrected chi connectivity index (χ0v) is 14.2. The predicted molar refractivity (Wildman–Crippen MR) is 95.3 cm³/mol. The number of hydrogen-bond acceptors (Lipinski definition) is 5. The lowest BCUT2D eigenvalue weighted by molar-refractivity contribution is -0.127. The van der Waals surface area contributed by atoms with Gasteiger partial charge in [-0.3, -0.25) is 9.59 Å². The van der Waals surface area contributed by atoms with E-state index in [-0.39, 0.29) is 24.6 Å². The Morgan fingerprint density at radius 1 is 1.19 bits per heavy atom. The Kier molecular flexibility index (Phi) is 6.57. The van der Waals surface area contributed by atoms with Gasteiger partial charge >= 0.3 is 0 Å². The highest BCUT2D eigenvalue weighted by Gasteiger charge is 2.15. The molecule has 0 aromatic heterocycles. The number of carbonyl (C=O) groups is 2. The van der Waals surface area contributed by atoms with Crippen molar-refractivity contribution in [2.45, 2.75) is 26.0 Å².